The van der Waals surface area contributed by atoms with Gasteiger partial charge in [-0.2, -0.15) is 0 Å². The third-order valence-corrected chi connectivity index (χ3v) is 6.63. The van der Waals surface area contributed by atoms with Crippen LogP contribution in [0.4, 0.5) is 5.82 Å². The van der Waals surface area contributed by atoms with Crippen molar-refractivity contribution < 1.29 is 4.74 Å². The zero-order valence-electron chi connectivity index (χ0n) is 16.9. The maximum Gasteiger partial charge on any atom is 0.181 e. The monoisotopic (exact) mass is 398 g/mol. The number of aromatic nitrogens is 2. The Morgan fingerprint density at radius 2 is 1.89 bits per heavy atom. The highest BCUT2D eigenvalue weighted by Gasteiger charge is 2.42. The van der Waals surface area contributed by atoms with Crippen LogP contribution in [0.1, 0.15) is 45.9 Å². The summed E-state index contributed by atoms with van der Waals surface area (Å²) >= 11 is 1.64. The number of hydrogen-bond donors (Lipinski definition) is 2. The molecule has 2 aromatic rings. The molecule has 0 aliphatic carbocycles. The van der Waals surface area contributed by atoms with E-state index in [1.807, 2.05) is 11.6 Å². The molecule has 0 amide bonds. The molecule has 2 unspecified atom stereocenters. The Labute approximate surface area is 168 Å². The number of anilines is 1. The van der Waals surface area contributed by atoms with Gasteiger partial charge in [-0.3, -0.25) is 4.99 Å². The minimum absolute atomic E-state index is 0.0421. The number of rotatable bonds is 3. The standard InChI is InChI=1S/C20H26N6OS/c1-19(2,3)11-7-27-15-14(11)25-12(26-18(15)22)6-20(4,5)16-13-10(8-28-16)17(21)24-9-23-13/h7-9,14-15H,6H2,1-5H3,(H2,21,23,24)(H2,22,25,26). The minimum atomic E-state index is -0.295. The third-order valence-electron chi connectivity index (χ3n) is 5.29. The van der Waals surface area contributed by atoms with E-state index in [4.69, 9.17) is 21.2 Å². The van der Waals surface area contributed by atoms with E-state index in [0.29, 0.717) is 18.1 Å². The van der Waals surface area contributed by atoms with Crippen molar-refractivity contribution in [3.05, 3.63) is 28.4 Å². The second-order valence-corrected chi connectivity index (χ2v) is 9.93. The van der Waals surface area contributed by atoms with Gasteiger partial charge < -0.3 is 16.2 Å². The molecular weight excluding hydrogens is 372 g/mol. The molecule has 8 heteroatoms. The Kier molecular flexibility index (Phi) is 4.22. The normalized spacial score (nSPS) is 22.4. The van der Waals surface area contributed by atoms with E-state index >= 15 is 0 Å². The lowest BCUT2D eigenvalue weighted by atomic mass is 9.81. The topological polar surface area (TPSA) is 112 Å². The number of thiophene rings is 1. The van der Waals surface area contributed by atoms with Crippen molar-refractivity contribution in [2.75, 3.05) is 5.73 Å². The first-order valence-electron chi connectivity index (χ1n) is 9.33. The summed E-state index contributed by atoms with van der Waals surface area (Å²) in [5.74, 6) is 1.74. The molecule has 0 radical (unpaired) electrons. The van der Waals surface area contributed by atoms with Gasteiger partial charge in [0, 0.05) is 22.1 Å². The van der Waals surface area contributed by atoms with Gasteiger partial charge in [0.2, 0.25) is 0 Å². The highest BCUT2D eigenvalue weighted by atomic mass is 32.1. The Bertz CT molecular complexity index is 1030. The van der Waals surface area contributed by atoms with Crippen LogP contribution in [0.2, 0.25) is 0 Å². The summed E-state index contributed by atoms with van der Waals surface area (Å²) in [6.45, 7) is 10.8. The molecule has 0 saturated carbocycles. The van der Waals surface area contributed by atoms with Gasteiger partial charge in [0.25, 0.3) is 0 Å². The summed E-state index contributed by atoms with van der Waals surface area (Å²) in [5.41, 5.74) is 14.0. The molecule has 4 N–H and O–H groups in total. The fourth-order valence-electron chi connectivity index (χ4n) is 3.77. The van der Waals surface area contributed by atoms with Crippen molar-refractivity contribution in [1.82, 2.24) is 9.97 Å². The maximum absolute atomic E-state index is 6.24. The molecule has 0 aromatic carbocycles. The van der Waals surface area contributed by atoms with E-state index < -0.39 is 0 Å². The van der Waals surface area contributed by atoms with Gasteiger partial charge in [-0.15, -0.1) is 11.3 Å². The minimum Gasteiger partial charge on any atom is -0.487 e. The lowest BCUT2D eigenvalue weighted by Gasteiger charge is -2.30. The van der Waals surface area contributed by atoms with E-state index in [1.165, 1.54) is 6.33 Å². The maximum atomic E-state index is 6.24. The first-order valence-corrected chi connectivity index (χ1v) is 10.2. The third kappa shape index (κ3) is 3.05. The van der Waals surface area contributed by atoms with Crippen LogP contribution < -0.4 is 11.5 Å². The van der Waals surface area contributed by atoms with E-state index in [0.717, 1.165) is 27.2 Å². The fraction of sp³-hybridized carbons (Fsp3) is 0.500. The van der Waals surface area contributed by atoms with Crippen LogP contribution in [0.15, 0.2) is 33.5 Å². The van der Waals surface area contributed by atoms with Crippen LogP contribution in [0.25, 0.3) is 10.9 Å². The Hall–Kier alpha value is -2.48. The van der Waals surface area contributed by atoms with E-state index in [-0.39, 0.29) is 23.0 Å². The zero-order chi connectivity index (χ0) is 20.3. The first-order chi connectivity index (χ1) is 13.1. The molecule has 2 aromatic heterocycles. The number of fused-ring (bicyclic) bond motifs is 2. The van der Waals surface area contributed by atoms with Crippen LogP contribution in [0, 0.1) is 5.41 Å². The number of aliphatic imine (C=N–C) groups is 2. The van der Waals surface area contributed by atoms with Crippen molar-refractivity contribution in [2.24, 2.45) is 21.1 Å². The number of hydrogen-bond acceptors (Lipinski definition) is 8. The molecule has 2 aliphatic rings. The second-order valence-electron chi connectivity index (χ2n) is 9.05. The van der Waals surface area contributed by atoms with Gasteiger partial charge in [-0.05, 0) is 11.0 Å². The van der Waals surface area contributed by atoms with Crippen LogP contribution in [0.5, 0.6) is 0 Å². The largest absolute Gasteiger partial charge is 0.487 e. The van der Waals surface area contributed by atoms with Gasteiger partial charge in [0.05, 0.1) is 17.2 Å². The summed E-state index contributed by atoms with van der Waals surface area (Å²) in [7, 11) is 0. The summed E-state index contributed by atoms with van der Waals surface area (Å²) in [6.07, 6.45) is 3.67. The summed E-state index contributed by atoms with van der Waals surface area (Å²) in [4.78, 5) is 19.2. The quantitative estimate of drug-likeness (QED) is 0.823. The molecule has 148 valence electrons. The van der Waals surface area contributed by atoms with Crippen molar-refractivity contribution in [2.45, 2.75) is 58.6 Å². The molecule has 2 atom stereocenters. The van der Waals surface area contributed by atoms with E-state index in [9.17, 15) is 0 Å². The predicted molar refractivity (Wildman–Crippen MR) is 115 cm³/mol. The first kappa shape index (κ1) is 18.9. The predicted octanol–water partition coefficient (Wildman–Crippen LogP) is 3.41. The Balaban J connectivity index is 1.67. The highest BCUT2D eigenvalue weighted by Crippen LogP contribution is 2.41. The van der Waals surface area contributed by atoms with Crippen LogP contribution in [-0.4, -0.2) is 33.8 Å². The summed E-state index contributed by atoms with van der Waals surface area (Å²) in [5, 5.41) is 2.91. The van der Waals surface area contributed by atoms with Crippen molar-refractivity contribution in [1.29, 1.82) is 0 Å². The van der Waals surface area contributed by atoms with Crippen molar-refractivity contribution in [3.8, 4) is 0 Å². The van der Waals surface area contributed by atoms with Gasteiger partial charge in [0.1, 0.15) is 29.9 Å². The SMILES string of the molecule is CC(C)(C)C1=COC2C(N)=NC(CC(C)(C)c3scc4c(N)ncnc34)=NC12. The molecule has 0 spiro atoms. The zero-order valence-corrected chi connectivity index (χ0v) is 17.7. The lowest BCUT2D eigenvalue weighted by molar-refractivity contribution is 0.215. The molecule has 4 heterocycles. The smallest absolute Gasteiger partial charge is 0.181 e. The van der Waals surface area contributed by atoms with Crippen LogP contribution in [-0.2, 0) is 10.2 Å². The van der Waals surface area contributed by atoms with Crippen LogP contribution >= 0.6 is 11.3 Å². The summed E-state index contributed by atoms with van der Waals surface area (Å²) in [6, 6.07) is -0.110. The fourth-order valence-corrected chi connectivity index (χ4v) is 4.90. The molecule has 7 nitrogen and oxygen atoms in total. The van der Waals surface area contributed by atoms with Crippen LogP contribution in [0.3, 0.4) is 0 Å². The van der Waals surface area contributed by atoms with E-state index in [2.05, 4.69) is 49.6 Å². The number of ether oxygens (including phenoxy) is 1. The van der Waals surface area contributed by atoms with Gasteiger partial charge in [0.15, 0.2) is 6.10 Å². The molecule has 4 rings (SSSR count). The Morgan fingerprint density at radius 3 is 2.61 bits per heavy atom. The number of nitrogen functional groups attached to an aromatic ring is 1. The molecule has 28 heavy (non-hydrogen) atoms. The van der Waals surface area contributed by atoms with E-state index in [1.54, 1.807) is 11.3 Å². The molecule has 0 bridgehead atoms. The number of amidine groups is 2. The van der Waals surface area contributed by atoms with Gasteiger partial charge in [-0.1, -0.05) is 34.6 Å². The highest BCUT2D eigenvalue weighted by molar-refractivity contribution is 7.11. The average Bonchev–Trinajstić information content (AvgIpc) is 3.19. The second kappa shape index (κ2) is 6.27. The number of nitrogens with zero attached hydrogens (tertiary/aromatic N) is 4. The summed E-state index contributed by atoms with van der Waals surface area (Å²) < 4.78 is 5.78. The van der Waals surface area contributed by atoms with Gasteiger partial charge in [-0.25, -0.2) is 15.0 Å². The number of nitrogens with two attached hydrogens (primary N) is 2. The average molecular weight is 399 g/mol. The van der Waals surface area contributed by atoms with Crippen molar-refractivity contribution in [3.63, 3.8) is 0 Å². The van der Waals surface area contributed by atoms with Gasteiger partial charge >= 0.3 is 0 Å². The lowest BCUT2D eigenvalue weighted by Crippen LogP contribution is -2.43. The molecule has 2 aliphatic heterocycles. The molecular formula is C20H26N6OS. The Morgan fingerprint density at radius 1 is 1.14 bits per heavy atom. The molecule has 0 saturated heterocycles. The van der Waals surface area contributed by atoms with Crippen molar-refractivity contribution >= 4 is 39.7 Å². The molecule has 0 fully saturated rings.